The van der Waals surface area contributed by atoms with Gasteiger partial charge >= 0.3 is 0 Å². The SMILES string of the molecule is CC(C)(C)c1nnsc1-c1nc(N2CCC(N)C2)n[nH]1. The molecule has 0 aromatic carbocycles. The van der Waals surface area contributed by atoms with Crippen LogP contribution in [0, 0.1) is 0 Å². The van der Waals surface area contributed by atoms with Gasteiger partial charge < -0.3 is 10.6 Å². The van der Waals surface area contributed by atoms with Gasteiger partial charge in [0, 0.05) is 24.5 Å². The molecule has 3 heterocycles. The van der Waals surface area contributed by atoms with Crippen molar-refractivity contribution in [3.63, 3.8) is 0 Å². The largest absolute Gasteiger partial charge is 0.338 e. The number of hydrogen-bond donors (Lipinski definition) is 2. The van der Waals surface area contributed by atoms with Gasteiger partial charge in [-0.2, -0.15) is 4.98 Å². The third-order valence-corrected chi connectivity index (χ3v) is 4.13. The molecule has 108 valence electrons. The summed E-state index contributed by atoms with van der Waals surface area (Å²) in [4.78, 5) is 7.64. The first-order valence-electron chi connectivity index (χ1n) is 6.71. The normalized spacial score (nSPS) is 19.8. The van der Waals surface area contributed by atoms with Crippen molar-refractivity contribution in [2.75, 3.05) is 18.0 Å². The Bertz CT molecular complexity index is 597. The maximum absolute atomic E-state index is 5.92. The Hall–Kier alpha value is -1.54. The fourth-order valence-corrected chi connectivity index (χ4v) is 3.12. The third kappa shape index (κ3) is 2.40. The topological polar surface area (TPSA) is 96.6 Å². The number of aromatic amines is 1. The maximum atomic E-state index is 5.92. The van der Waals surface area contributed by atoms with Gasteiger partial charge in [0.05, 0.1) is 5.69 Å². The van der Waals surface area contributed by atoms with Gasteiger partial charge in [0.2, 0.25) is 5.95 Å². The highest BCUT2D eigenvalue weighted by molar-refractivity contribution is 7.09. The molecule has 1 atom stereocenters. The van der Waals surface area contributed by atoms with E-state index in [0.29, 0.717) is 5.95 Å². The minimum Gasteiger partial charge on any atom is -0.338 e. The zero-order chi connectivity index (χ0) is 14.3. The van der Waals surface area contributed by atoms with E-state index in [9.17, 15) is 0 Å². The van der Waals surface area contributed by atoms with Crippen LogP contribution in [0.1, 0.15) is 32.9 Å². The summed E-state index contributed by atoms with van der Waals surface area (Å²) < 4.78 is 4.05. The lowest BCUT2D eigenvalue weighted by atomic mass is 9.91. The highest BCUT2D eigenvalue weighted by Gasteiger charge is 2.27. The van der Waals surface area contributed by atoms with Gasteiger partial charge in [-0.15, -0.1) is 10.2 Å². The molecule has 0 spiro atoms. The van der Waals surface area contributed by atoms with Gasteiger partial charge in [-0.1, -0.05) is 25.3 Å². The van der Waals surface area contributed by atoms with Crippen LogP contribution in [-0.4, -0.2) is 43.9 Å². The van der Waals surface area contributed by atoms with Gasteiger partial charge in [0.25, 0.3) is 0 Å². The number of hydrogen-bond acceptors (Lipinski definition) is 7. The standard InChI is InChI=1S/C12H19N7S/c1-12(2,3)9-8(20-18-15-9)10-14-11(17-16-10)19-5-4-7(13)6-19/h7H,4-6,13H2,1-3H3,(H,14,16,17). The number of nitrogens with one attached hydrogen (secondary N) is 1. The van der Waals surface area contributed by atoms with E-state index in [1.165, 1.54) is 11.5 Å². The van der Waals surface area contributed by atoms with Crippen molar-refractivity contribution in [2.45, 2.75) is 38.6 Å². The van der Waals surface area contributed by atoms with E-state index in [4.69, 9.17) is 5.73 Å². The second kappa shape index (κ2) is 4.78. The second-order valence-corrected chi connectivity index (χ2v) is 6.93. The maximum Gasteiger partial charge on any atom is 0.245 e. The fourth-order valence-electron chi connectivity index (χ4n) is 2.30. The first kappa shape index (κ1) is 13.4. The van der Waals surface area contributed by atoms with Crippen LogP contribution in [0.25, 0.3) is 10.7 Å². The number of nitrogens with two attached hydrogens (primary N) is 1. The number of nitrogens with zero attached hydrogens (tertiary/aromatic N) is 5. The lowest BCUT2D eigenvalue weighted by Crippen LogP contribution is -2.26. The summed E-state index contributed by atoms with van der Waals surface area (Å²) in [6.45, 7) is 8.06. The number of H-pyrrole nitrogens is 1. The van der Waals surface area contributed by atoms with Gasteiger partial charge in [0.1, 0.15) is 4.88 Å². The van der Waals surface area contributed by atoms with Crippen molar-refractivity contribution < 1.29 is 0 Å². The monoisotopic (exact) mass is 293 g/mol. The molecule has 3 N–H and O–H groups in total. The minimum absolute atomic E-state index is 0.0642. The molecule has 7 nitrogen and oxygen atoms in total. The van der Waals surface area contributed by atoms with Crippen LogP contribution in [-0.2, 0) is 5.41 Å². The number of rotatable bonds is 2. The van der Waals surface area contributed by atoms with Crippen LogP contribution in [0.15, 0.2) is 0 Å². The zero-order valence-corrected chi connectivity index (χ0v) is 12.7. The summed E-state index contributed by atoms with van der Waals surface area (Å²) in [5.74, 6) is 1.45. The van der Waals surface area contributed by atoms with E-state index in [1.807, 2.05) is 0 Å². The van der Waals surface area contributed by atoms with Gasteiger partial charge in [-0.25, -0.2) is 0 Å². The first-order chi connectivity index (χ1) is 9.45. The van der Waals surface area contributed by atoms with Crippen molar-refractivity contribution in [1.29, 1.82) is 0 Å². The van der Waals surface area contributed by atoms with Crippen molar-refractivity contribution in [3.8, 4) is 10.7 Å². The van der Waals surface area contributed by atoms with E-state index in [-0.39, 0.29) is 11.5 Å². The summed E-state index contributed by atoms with van der Waals surface area (Å²) in [6, 6.07) is 0.215. The van der Waals surface area contributed by atoms with Crippen LogP contribution < -0.4 is 10.6 Å². The Labute approximate surface area is 121 Å². The molecule has 0 radical (unpaired) electrons. The summed E-state index contributed by atoms with van der Waals surface area (Å²) in [7, 11) is 0. The molecule has 3 rings (SSSR count). The molecule has 1 aliphatic rings. The second-order valence-electron chi connectivity index (χ2n) is 6.18. The molecule has 1 fully saturated rings. The first-order valence-corrected chi connectivity index (χ1v) is 7.48. The molecule has 2 aromatic rings. The Kier molecular flexibility index (Phi) is 3.21. The summed E-state index contributed by atoms with van der Waals surface area (Å²) in [6.07, 6.45) is 0.985. The predicted molar refractivity (Wildman–Crippen MR) is 78.8 cm³/mol. The van der Waals surface area contributed by atoms with Crippen molar-refractivity contribution in [1.82, 2.24) is 24.8 Å². The quantitative estimate of drug-likeness (QED) is 0.862. The minimum atomic E-state index is -0.0642. The lowest BCUT2D eigenvalue weighted by Gasteiger charge is -2.15. The summed E-state index contributed by atoms with van der Waals surface area (Å²) in [5.41, 5.74) is 6.80. The molecular formula is C12H19N7S. The molecule has 2 aromatic heterocycles. The molecule has 1 aliphatic heterocycles. The Morgan fingerprint density at radius 1 is 1.40 bits per heavy atom. The Balaban J connectivity index is 1.89. The average molecular weight is 293 g/mol. The molecule has 0 aliphatic carbocycles. The van der Waals surface area contributed by atoms with Crippen molar-refractivity contribution in [3.05, 3.63) is 5.69 Å². The molecule has 0 saturated carbocycles. The molecule has 0 amide bonds. The highest BCUT2D eigenvalue weighted by atomic mass is 32.1. The average Bonchev–Trinajstić information content (AvgIpc) is 3.06. The van der Waals surface area contributed by atoms with E-state index in [0.717, 1.165) is 35.9 Å². The van der Waals surface area contributed by atoms with Crippen molar-refractivity contribution >= 4 is 17.5 Å². The fraction of sp³-hybridized carbons (Fsp3) is 0.667. The molecular weight excluding hydrogens is 274 g/mol. The van der Waals surface area contributed by atoms with Crippen LogP contribution in [0.2, 0.25) is 0 Å². The Morgan fingerprint density at radius 2 is 2.20 bits per heavy atom. The van der Waals surface area contributed by atoms with E-state index < -0.39 is 0 Å². The van der Waals surface area contributed by atoms with Gasteiger partial charge in [-0.05, 0) is 18.0 Å². The lowest BCUT2D eigenvalue weighted by molar-refractivity contribution is 0.568. The van der Waals surface area contributed by atoms with Crippen molar-refractivity contribution in [2.24, 2.45) is 5.73 Å². The molecule has 0 bridgehead atoms. The van der Waals surface area contributed by atoms with E-state index in [1.54, 1.807) is 0 Å². The molecule has 1 saturated heterocycles. The van der Waals surface area contributed by atoms with E-state index >= 15 is 0 Å². The van der Waals surface area contributed by atoms with E-state index in [2.05, 4.69) is 50.4 Å². The van der Waals surface area contributed by atoms with Gasteiger partial charge in [0.15, 0.2) is 5.82 Å². The van der Waals surface area contributed by atoms with Crippen LogP contribution in [0.3, 0.4) is 0 Å². The highest BCUT2D eigenvalue weighted by Crippen LogP contribution is 2.32. The molecule has 20 heavy (non-hydrogen) atoms. The smallest absolute Gasteiger partial charge is 0.245 e. The molecule has 8 heteroatoms. The number of aromatic nitrogens is 5. The number of anilines is 1. The van der Waals surface area contributed by atoms with Crippen LogP contribution >= 0.6 is 11.5 Å². The zero-order valence-electron chi connectivity index (χ0n) is 11.9. The summed E-state index contributed by atoms with van der Waals surface area (Å²) in [5, 5.41) is 11.5. The summed E-state index contributed by atoms with van der Waals surface area (Å²) >= 11 is 1.35. The predicted octanol–water partition coefficient (Wildman–Crippen LogP) is 1.16. The molecule has 1 unspecified atom stereocenters. The van der Waals surface area contributed by atoms with Gasteiger partial charge in [-0.3, -0.25) is 5.10 Å². The Morgan fingerprint density at radius 3 is 2.85 bits per heavy atom. The van der Waals surface area contributed by atoms with Crippen LogP contribution in [0.4, 0.5) is 5.95 Å². The van der Waals surface area contributed by atoms with Crippen LogP contribution in [0.5, 0.6) is 0 Å². The third-order valence-electron chi connectivity index (χ3n) is 3.39.